The summed E-state index contributed by atoms with van der Waals surface area (Å²) >= 11 is 0. The van der Waals surface area contributed by atoms with Crippen LogP contribution in [-0.2, 0) is 14.2 Å². The molecule has 24 heavy (non-hydrogen) atoms. The number of carbonyl (C=O) groups is 1. The molecule has 2 heterocycles. The molecule has 0 aromatic carbocycles. The Morgan fingerprint density at radius 1 is 1.25 bits per heavy atom. The van der Waals surface area contributed by atoms with Gasteiger partial charge in [-0.2, -0.15) is 0 Å². The van der Waals surface area contributed by atoms with Crippen molar-refractivity contribution in [3.05, 3.63) is 0 Å². The normalized spacial score (nSPS) is 32.5. The van der Waals surface area contributed by atoms with Crippen LogP contribution in [0.2, 0.25) is 0 Å². The molecule has 0 aromatic rings. The molecule has 1 saturated carbocycles. The van der Waals surface area contributed by atoms with Crippen molar-refractivity contribution in [3.63, 3.8) is 0 Å². The zero-order valence-corrected chi connectivity index (χ0v) is 15.4. The van der Waals surface area contributed by atoms with Gasteiger partial charge in [-0.3, -0.25) is 4.90 Å². The number of piperidine rings is 1. The van der Waals surface area contributed by atoms with E-state index in [1.165, 1.54) is 12.8 Å². The van der Waals surface area contributed by atoms with E-state index in [4.69, 9.17) is 14.2 Å². The van der Waals surface area contributed by atoms with Crippen molar-refractivity contribution in [2.24, 2.45) is 5.41 Å². The maximum atomic E-state index is 11.7. The monoisotopic (exact) mass is 340 g/mol. The molecule has 0 N–H and O–H groups in total. The Balaban J connectivity index is 1.38. The molecule has 3 rings (SSSR count). The molecule has 1 aliphatic carbocycles. The van der Waals surface area contributed by atoms with Crippen molar-refractivity contribution in [2.75, 3.05) is 46.5 Å². The fourth-order valence-corrected chi connectivity index (χ4v) is 4.32. The van der Waals surface area contributed by atoms with Gasteiger partial charge in [-0.05, 0) is 31.6 Å². The maximum Gasteiger partial charge on any atom is 0.409 e. The quantitative estimate of drug-likeness (QED) is 0.769. The Morgan fingerprint density at radius 2 is 1.88 bits per heavy atom. The second-order valence-corrected chi connectivity index (χ2v) is 7.89. The lowest BCUT2D eigenvalue weighted by atomic mass is 9.64. The molecule has 1 spiro atoms. The van der Waals surface area contributed by atoms with Gasteiger partial charge in [0.2, 0.25) is 0 Å². The van der Waals surface area contributed by atoms with Crippen LogP contribution in [0.4, 0.5) is 4.79 Å². The maximum absolute atomic E-state index is 11.7. The molecular formula is C18H32N2O4. The number of hydrogen-bond donors (Lipinski definition) is 0. The van der Waals surface area contributed by atoms with E-state index in [0.717, 1.165) is 52.1 Å². The summed E-state index contributed by atoms with van der Waals surface area (Å²) in [6.45, 7) is 9.03. The molecular weight excluding hydrogens is 308 g/mol. The Hall–Kier alpha value is -0.850. The smallest absolute Gasteiger partial charge is 0.409 e. The third-order valence-corrected chi connectivity index (χ3v) is 5.98. The Labute approximate surface area is 145 Å². The molecule has 6 heteroatoms. The first-order valence-corrected chi connectivity index (χ1v) is 9.35. The van der Waals surface area contributed by atoms with Gasteiger partial charge in [-0.15, -0.1) is 0 Å². The lowest BCUT2D eigenvalue weighted by molar-refractivity contribution is -0.192. The fraction of sp³-hybridized carbons (Fsp3) is 0.944. The minimum absolute atomic E-state index is 0.213. The summed E-state index contributed by atoms with van der Waals surface area (Å²) in [5.74, 6) is -0.272. The molecule has 0 radical (unpaired) electrons. The predicted octanol–water partition coefficient (Wildman–Crippen LogP) is 2.47. The first kappa shape index (κ1) is 18.0. The van der Waals surface area contributed by atoms with Crippen molar-refractivity contribution in [1.29, 1.82) is 0 Å². The third-order valence-electron chi connectivity index (χ3n) is 5.98. The molecule has 0 bridgehead atoms. The number of ether oxygens (including phenoxy) is 3. The third kappa shape index (κ3) is 3.86. The van der Waals surface area contributed by atoms with E-state index in [1.807, 2.05) is 14.0 Å². The largest absolute Gasteiger partial charge is 0.450 e. The van der Waals surface area contributed by atoms with Gasteiger partial charge in [-0.1, -0.05) is 6.92 Å². The second kappa shape index (κ2) is 7.18. The van der Waals surface area contributed by atoms with E-state index in [1.54, 1.807) is 4.90 Å². The highest BCUT2D eigenvalue weighted by Gasteiger charge is 2.46. The predicted molar refractivity (Wildman–Crippen MR) is 90.8 cm³/mol. The molecule has 2 aliphatic heterocycles. The molecule has 2 saturated heterocycles. The van der Waals surface area contributed by atoms with Gasteiger partial charge < -0.3 is 19.1 Å². The standard InChI is InChI=1S/C18H32N2O4/c1-4-22-16(21)19(3)8-5-17(2)13-15(14-17)20-9-6-18(7-10-20)23-11-12-24-18/h15H,4-14H2,1-3H3/t15-,17-. The molecule has 6 nitrogen and oxygen atoms in total. The summed E-state index contributed by atoms with van der Waals surface area (Å²) in [7, 11) is 1.82. The van der Waals surface area contributed by atoms with Gasteiger partial charge in [0.1, 0.15) is 0 Å². The number of rotatable bonds is 5. The van der Waals surface area contributed by atoms with Crippen LogP contribution in [0.5, 0.6) is 0 Å². The number of likely N-dealkylation sites (tertiary alicyclic amines) is 1. The van der Waals surface area contributed by atoms with Crippen molar-refractivity contribution in [3.8, 4) is 0 Å². The number of hydrogen-bond acceptors (Lipinski definition) is 5. The van der Waals surface area contributed by atoms with E-state index in [2.05, 4.69) is 11.8 Å². The van der Waals surface area contributed by atoms with Crippen molar-refractivity contribution >= 4 is 6.09 Å². The van der Waals surface area contributed by atoms with E-state index >= 15 is 0 Å². The lowest BCUT2D eigenvalue weighted by Gasteiger charge is -2.53. The topological polar surface area (TPSA) is 51.2 Å². The SMILES string of the molecule is CCOC(=O)N(C)CC[C@]1(C)C[C@@H](N2CCC3(CC2)OCCO3)C1. The highest BCUT2D eigenvalue weighted by atomic mass is 16.7. The molecule has 138 valence electrons. The zero-order chi connectivity index (χ0) is 17.2. The summed E-state index contributed by atoms with van der Waals surface area (Å²) in [4.78, 5) is 16.0. The Morgan fingerprint density at radius 3 is 2.46 bits per heavy atom. The molecule has 1 amide bonds. The Bertz CT molecular complexity index is 434. The summed E-state index contributed by atoms with van der Waals surface area (Å²) in [6.07, 6.45) is 5.26. The fourth-order valence-electron chi connectivity index (χ4n) is 4.32. The summed E-state index contributed by atoms with van der Waals surface area (Å²) in [5.41, 5.74) is 0.348. The minimum atomic E-state index is -0.272. The second-order valence-electron chi connectivity index (χ2n) is 7.89. The average Bonchev–Trinajstić information content (AvgIpc) is 2.99. The van der Waals surface area contributed by atoms with E-state index in [0.29, 0.717) is 18.1 Å². The Kier molecular flexibility index (Phi) is 5.37. The molecule has 0 unspecified atom stereocenters. The van der Waals surface area contributed by atoms with Gasteiger partial charge in [0, 0.05) is 45.6 Å². The van der Waals surface area contributed by atoms with Crippen LogP contribution < -0.4 is 0 Å². The van der Waals surface area contributed by atoms with Gasteiger partial charge in [0.25, 0.3) is 0 Å². The van der Waals surface area contributed by atoms with Crippen LogP contribution in [0, 0.1) is 5.41 Å². The summed E-state index contributed by atoms with van der Waals surface area (Å²) in [5, 5.41) is 0. The molecule has 0 aromatic heterocycles. The van der Waals surface area contributed by atoms with Crippen LogP contribution in [-0.4, -0.2) is 74.2 Å². The lowest BCUT2D eigenvalue weighted by Crippen LogP contribution is -2.55. The first-order chi connectivity index (χ1) is 11.5. The van der Waals surface area contributed by atoms with Crippen molar-refractivity contribution in [2.45, 2.75) is 57.8 Å². The number of amides is 1. The van der Waals surface area contributed by atoms with Gasteiger partial charge >= 0.3 is 6.09 Å². The van der Waals surface area contributed by atoms with E-state index in [9.17, 15) is 4.79 Å². The van der Waals surface area contributed by atoms with Crippen LogP contribution in [0.15, 0.2) is 0 Å². The van der Waals surface area contributed by atoms with Crippen molar-refractivity contribution in [1.82, 2.24) is 9.80 Å². The van der Waals surface area contributed by atoms with E-state index < -0.39 is 0 Å². The zero-order valence-electron chi connectivity index (χ0n) is 15.4. The highest BCUT2D eigenvalue weighted by Crippen LogP contribution is 2.47. The van der Waals surface area contributed by atoms with Crippen LogP contribution in [0.1, 0.15) is 46.0 Å². The minimum Gasteiger partial charge on any atom is -0.450 e. The van der Waals surface area contributed by atoms with E-state index in [-0.39, 0.29) is 11.9 Å². The van der Waals surface area contributed by atoms with Gasteiger partial charge in [0.15, 0.2) is 5.79 Å². The first-order valence-electron chi connectivity index (χ1n) is 9.35. The van der Waals surface area contributed by atoms with Crippen LogP contribution in [0.25, 0.3) is 0 Å². The van der Waals surface area contributed by atoms with Crippen LogP contribution >= 0.6 is 0 Å². The molecule has 3 fully saturated rings. The number of nitrogens with zero attached hydrogens (tertiary/aromatic N) is 2. The van der Waals surface area contributed by atoms with Gasteiger partial charge in [0.05, 0.1) is 19.8 Å². The van der Waals surface area contributed by atoms with Crippen LogP contribution in [0.3, 0.4) is 0 Å². The summed E-state index contributed by atoms with van der Waals surface area (Å²) < 4.78 is 16.7. The summed E-state index contributed by atoms with van der Waals surface area (Å²) in [6, 6.07) is 0.682. The highest BCUT2D eigenvalue weighted by molar-refractivity contribution is 5.67. The molecule has 3 aliphatic rings. The number of carbonyl (C=O) groups excluding carboxylic acids is 1. The van der Waals surface area contributed by atoms with Crippen molar-refractivity contribution < 1.29 is 19.0 Å². The average molecular weight is 340 g/mol. The molecule has 0 atom stereocenters. The van der Waals surface area contributed by atoms with Gasteiger partial charge in [-0.25, -0.2) is 4.79 Å².